The first-order chi connectivity index (χ1) is 13.2. The molecule has 0 unspecified atom stereocenters. The van der Waals surface area contributed by atoms with E-state index in [1.54, 1.807) is 22.8 Å². The summed E-state index contributed by atoms with van der Waals surface area (Å²) in [5.41, 5.74) is 6.80. The first kappa shape index (κ1) is 15.5. The van der Waals surface area contributed by atoms with Gasteiger partial charge < -0.3 is 5.11 Å². The Bertz CT molecular complexity index is 1290. The first-order valence-electron chi connectivity index (χ1n) is 8.67. The topological polar surface area (TPSA) is 63.3 Å². The number of benzene rings is 2. The minimum absolute atomic E-state index is 0.202. The van der Waals surface area contributed by atoms with Crippen LogP contribution >= 0.6 is 0 Å². The summed E-state index contributed by atoms with van der Waals surface area (Å²) in [5.74, 6) is 0.202. The molecule has 0 saturated heterocycles. The van der Waals surface area contributed by atoms with Crippen LogP contribution in [0, 0.1) is 6.92 Å². The molecule has 0 atom stereocenters. The number of hydrogen-bond donors (Lipinski definition) is 1. The van der Waals surface area contributed by atoms with Gasteiger partial charge in [-0.3, -0.25) is 4.98 Å². The zero-order chi connectivity index (χ0) is 18.4. The molecule has 5 rings (SSSR count). The maximum atomic E-state index is 9.71. The average molecular weight is 352 g/mol. The third kappa shape index (κ3) is 2.60. The van der Waals surface area contributed by atoms with Crippen molar-refractivity contribution >= 4 is 16.6 Å². The maximum Gasteiger partial charge on any atom is 0.162 e. The molecule has 5 aromatic rings. The summed E-state index contributed by atoms with van der Waals surface area (Å²) in [6, 6.07) is 15.5. The van der Waals surface area contributed by atoms with Crippen molar-refractivity contribution in [1.82, 2.24) is 19.6 Å². The predicted octanol–water partition coefficient (Wildman–Crippen LogP) is 4.63. The first-order valence-corrected chi connectivity index (χ1v) is 8.67. The smallest absolute Gasteiger partial charge is 0.162 e. The van der Waals surface area contributed by atoms with E-state index in [-0.39, 0.29) is 5.75 Å². The van der Waals surface area contributed by atoms with E-state index in [2.05, 4.69) is 46.3 Å². The van der Waals surface area contributed by atoms with Crippen LogP contribution in [0.2, 0.25) is 0 Å². The Labute approximate surface area is 155 Å². The fourth-order valence-electron chi connectivity index (χ4n) is 3.33. The van der Waals surface area contributed by atoms with Gasteiger partial charge in [-0.2, -0.15) is 5.10 Å². The molecule has 27 heavy (non-hydrogen) atoms. The van der Waals surface area contributed by atoms with Gasteiger partial charge in [0.05, 0.1) is 11.7 Å². The van der Waals surface area contributed by atoms with Crippen molar-refractivity contribution in [2.45, 2.75) is 6.92 Å². The van der Waals surface area contributed by atoms with Gasteiger partial charge in [-0.25, -0.2) is 9.50 Å². The molecule has 0 fully saturated rings. The number of phenols is 1. The van der Waals surface area contributed by atoms with Crippen LogP contribution in [-0.4, -0.2) is 24.7 Å². The summed E-state index contributed by atoms with van der Waals surface area (Å²) in [7, 11) is 0. The average Bonchev–Trinajstić information content (AvgIpc) is 3.11. The summed E-state index contributed by atoms with van der Waals surface area (Å²) in [6.45, 7) is 2.07. The van der Waals surface area contributed by atoms with Gasteiger partial charge in [-0.1, -0.05) is 29.8 Å². The van der Waals surface area contributed by atoms with Crippen LogP contribution in [0.25, 0.3) is 38.8 Å². The third-order valence-corrected chi connectivity index (χ3v) is 4.76. The second-order valence-electron chi connectivity index (χ2n) is 6.60. The summed E-state index contributed by atoms with van der Waals surface area (Å²) in [5, 5.41) is 15.2. The monoisotopic (exact) mass is 352 g/mol. The highest BCUT2D eigenvalue weighted by Crippen LogP contribution is 2.32. The van der Waals surface area contributed by atoms with E-state index in [0.29, 0.717) is 0 Å². The van der Waals surface area contributed by atoms with E-state index in [9.17, 15) is 5.11 Å². The Morgan fingerprint density at radius 3 is 2.56 bits per heavy atom. The van der Waals surface area contributed by atoms with Crippen LogP contribution in [0.5, 0.6) is 5.75 Å². The highest BCUT2D eigenvalue weighted by molar-refractivity contribution is 5.98. The molecular weight excluding hydrogens is 336 g/mol. The van der Waals surface area contributed by atoms with Gasteiger partial charge in [0.25, 0.3) is 0 Å². The number of phenolic OH excluding ortho intramolecular Hbond substituents is 1. The Kier molecular flexibility index (Phi) is 3.40. The number of hydrogen-bond acceptors (Lipinski definition) is 4. The standard InChI is InChI=1S/C22H16N4O/c1-14-2-4-15(5-3-14)16-11-24-22-20(12-25-26(22)13-16)18-8-9-23-21-10-17(27)6-7-19(18)21/h2-13,27H,1H3. The summed E-state index contributed by atoms with van der Waals surface area (Å²) >= 11 is 0. The zero-order valence-electron chi connectivity index (χ0n) is 14.7. The van der Waals surface area contributed by atoms with Crippen molar-refractivity contribution in [3.8, 4) is 28.0 Å². The van der Waals surface area contributed by atoms with Crippen molar-refractivity contribution in [1.29, 1.82) is 0 Å². The Balaban J connectivity index is 1.66. The van der Waals surface area contributed by atoms with Gasteiger partial charge in [0.1, 0.15) is 5.75 Å². The lowest BCUT2D eigenvalue weighted by Gasteiger charge is -2.06. The van der Waals surface area contributed by atoms with Gasteiger partial charge in [-0.15, -0.1) is 0 Å². The molecule has 5 heteroatoms. The van der Waals surface area contributed by atoms with Gasteiger partial charge >= 0.3 is 0 Å². The number of nitrogens with zero attached hydrogens (tertiary/aromatic N) is 4. The quantitative estimate of drug-likeness (QED) is 0.503. The van der Waals surface area contributed by atoms with E-state index in [1.807, 2.05) is 30.7 Å². The second kappa shape index (κ2) is 5.92. The minimum Gasteiger partial charge on any atom is -0.508 e. The molecule has 0 aliphatic heterocycles. The number of aromatic hydroxyl groups is 1. The third-order valence-electron chi connectivity index (χ3n) is 4.76. The van der Waals surface area contributed by atoms with Crippen molar-refractivity contribution in [3.05, 3.63) is 78.9 Å². The van der Waals surface area contributed by atoms with E-state index < -0.39 is 0 Å². The molecule has 0 bridgehead atoms. The lowest BCUT2D eigenvalue weighted by atomic mass is 10.0. The molecule has 0 saturated carbocycles. The summed E-state index contributed by atoms with van der Waals surface area (Å²) in [4.78, 5) is 9.02. The Morgan fingerprint density at radius 1 is 0.852 bits per heavy atom. The summed E-state index contributed by atoms with van der Waals surface area (Å²) in [6.07, 6.45) is 7.43. The number of rotatable bonds is 2. The molecule has 3 heterocycles. The van der Waals surface area contributed by atoms with Crippen molar-refractivity contribution in [3.63, 3.8) is 0 Å². The van der Waals surface area contributed by atoms with Gasteiger partial charge in [0.2, 0.25) is 0 Å². The lowest BCUT2D eigenvalue weighted by molar-refractivity contribution is 0.476. The second-order valence-corrected chi connectivity index (χ2v) is 6.60. The van der Waals surface area contributed by atoms with E-state index in [0.717, 1.165) is 38.8 Å². The van der Waals surface area contributed by atoms with Crippen LogP contribution in [0.3, 0.4) is 0 Å². The van der Waals surface area contributed by atoms with Gasteiger partial charge in [0.15, 0.2) is 5.65 Å². The van der Waals surface area contributed by atoms with Crippen LogP contribution < -0.4 is 0 Å². The zero-order valence-corrected chi connectivity index (χ0v) is 14.7. The SMILES string of the molecule is Cc1ccc(-c2cnc3c(-c4ccnc5cc(O)ccc45)cnn3c2)cc1. The van der Waals surface area contributed by atoms with Crippen LogP contribution in [0.15, 0.2) is 73.3 Å². The minimum atomic E-state index is 0.202. The van der Waals surface area contributed by atoms with Crippen LogP contribution in [-0.2, 0) is 0 Å². The van der Waals surface area contributed by atoms with E-state index in [4.69, 9.17) is 0 Å². The molecule has 3 aromatic heterocycles. The molecule has 0 spiro atoms. The molecule has 0 amide bonds. The number of aryl methyl sites for hydroxylation is 1. The fraction of sp³-hybridized carbons (Fsp3) is 0.0455. The number of pyridine rings is 1. The van der Waals surface area contributed by atoms with Crippen LogP contribution in [0.4, 0.5) is 0 Å². The Hall–Kier alpha value is -3.73. The molecule has 130 valence electrons. The molecular formula is C22H16N4O. The molecule has 0 aliphatic carbocycles. The van der Waals surface area contributed by atoms with Crippen LogP contribution in [0.1, 0.15) is 5.56 Å². The summed E-state index contributed by atoms with van der Waals surface area (Å²) < 4.78 is 1.80. The molecule has 5 nitrogen and oxygen atoms in total. The number of aromatic nitrogens is 4. The van der Waals surface area contributed by atoms with E-state index in [1.165, 1.54) is 5.56 Å². The highest BCUT2D eigenvalue weighted by atomic mass is 16.3. The van der Waals surface area contributed by atoms with Crippen molar-refractivity contribution in [2.24, 2.45) is 0 Å². The predicted molar refractivity (Wildman–Crippen MR) is 106 cm³/mol. The Morgan fingerprint density at radius 2 is 1.70 bits per heavy atom. The van der Waals surface area contributed by atoms with Gasteiger partial charge in [-0.05, 0) is 36.2 Å². The normalized spacial score (nSPS) is 11.3. The van der Waals surface area contributed by atoms with Crippen molar-refractivity contribution in [2.75, 3.05) is 0 Å². The highest BCUT2D eigenvalue weighted by Gasteiger charge is 2.12. The van der Waals surface area contributed by atoms with E-state index >= 15 is 0 Å². The maximum absolute atomic E-state index is 9.71. The largest absolute Gasteiger partial charge is 0.508 e. The molecule has 0 radical (unpaired) electrons. The van der Waals surface area contributed by atoms with Crippen molar-refractivity contribution < 1.29 is 5.11 Å². The fourth-order valence-corrected chi connectivity index (χ4v) is 3.33. The lowest BCUT2D eigenvalue weighted by Crippen LogP contribution is -1.92. The van der Waals surface area contributed by atoms with Gasteiger partial charge in [0, 0.05) is 41.2 Å². The number of fused-ring (bicyclic) bond motifs is 2. The molecule has 0 aliphatic rings. The molecule has 1 N–H and O–H groups in total. The molecule has 2 aromatic carbocycles.